The normalized spacial score (nSPS) is 11.8. The molecule has 0 saturated carbocycles. The first kappa shape index (κ1) is 21.2. The summed E-state index contributed by atoms with van der Waals surface area (Å²) in [5.74, 6) is -0.276. The van der Waals surface area contributed by atoms with Crippen molar-refractivity contribution in [2.75, 3.05) is 24.2 Å². The van der Waals surface area contributed by atoms with Gasteiger partial charge in [0.15, 0.2) is 0 Å². The van der Waals surface area contributed by atoms with Crippen LogP contribution in [0.3, 0.4) is 0 Å². The van der Waals surface area contributed by atoms with Gasteiger partial charge in [-0.1, -0.05) is 18.2 Å². The number of aryl methyl sites for hydroxylation is 1. The number of para-hydroxylation sites is 1. The number of hydrazone groups is 1. The molecule has 0 aliphatic heterocycles. The number of nitrogens with one attached hydrogen (secondary N) is 1. The summed E-state index contributed by atoms with van der Waals surface area (Å²) in [5, 5.41) is 13.8. The molecule has 0 unspecified atom stereocenters. The summed E-state index contributed by atoms with van der Waals surface area (Å²) in [5.41, 5.74) is 4.25. The molecule has 2 N–H and O–H groups in total. The van der Waals surface area contributed by atoms with E-state index in [2.05, 4.69) is 10.5 Å². The van der Waals surface area contributed by atoms with Crippen molar-refractivity contribution in [3.05, 3.63) is 53.6 Å². The highest BCUT2D eigenvalue weighted by Crippen LogP contribution is 2.30. The Balaban J connectivity index is 2.25. The molecule has 2 aromatic carbocycles. The van der Waals surface area contributed by atoms with Gasteiger partial charge in [0.05, 0.1) is 24.8 Å². The molecule has 9 heteroatoms. The molecule has 0 radical (unpaired) electrons. The van der Waals surface area contributed by atoms with Crippen molar-refractivity contribution in [1.82, 2.24) is 5.43 Å². The third-order valence-corrected chi connectivity index (χ3v) is 5.06. The van der Waals surface area contributed by atoms with Gasteiger partial charge >= 0.3 is 0 Å². The third-order valence-electron chi connectivity index (χ3n) is 3.93. The van der Waals surface area contributed by atoms with Crippen LogP contribution in [0.25, 0.3) is 0 Å². The SMILES string of the molecule is COc1ccc(C)cc1N(CC(=O)N/N=C(/C)c1ccccc1O)S(C)(=O)=O. The highest BCUT2D eigenvalue weighted by atomic mass is 32.2. The first-order valence-electron chi connectivity index (χ1n) is 8.37. The molecular formula is C19H23N3O5S. The second-order valence-electron chi connectivity index (χ2n) is 6.19. The van der Waals surface area contributed by atoms with Crippen LogP contribution >= 0.6 is 0 Å². The molecule has 1 amide bonds. The number of hydrogen-bond donors (Lipinski definition) is 2. The van der Waals surface area contributed by atoms with E-state index in [1.807, 2.05) is 6.92 Å². The fourth-order valence-electron chi connectivity index (χ4n) is 2.53. The van der Waals surface area contributed by atoms with Crippen LogP contribution in [0.15, 0.2) is 47.6 Å². The number of hydrogen-bond acceptors (Lipinski definition) is 6. The zero-order chi connectivity index (χ0) is 20.9. The maximum Gasteiger partial charge on any atom is 0.260 e. The topological polar surface area (TPSA) is 108 Å². The number of carbonyl (C=O) groups is 1. The number of rotatable bonds is 7. The summed E-state index contributed by atoms with van der Waals surface area (Å²) < 4.78 is 30.7. The molecule has 2 rings (SSSR count). The number of aromatic hydroxyl groups is 1. The van der Waals surface area contributed by atoms with Gasteiger partial charge in [0, 0.05) is 5.56 Å². The summed E-state index contributed by atoms with van der Waals surface area (Å²) >= 11 is 0. The van der Waals surface area contributed by atoms with Crippen LogP contribution in [0.1, 0.15) is 18.1 Å². The second-order valence-corrected chi connectivity index (χ2v) is 8.10. The third kappa shape index (κ3) is 5.23. The molecule has 0 saturated heterocycles. The predicted molar refractivity (Wildman–Crippen MR) is 108 cm³/mol. The number of sulfonamides is 1. The maximum atomic E-state index is 12.4. The van der Waals surface area contributed by atoms with E-state index in [4.69, 9.17) is 4.74 Å². The number of methoxy groups -OCH3 is 1. The highest BCUT2D eigenvalue weighted by Gasteiger charge is 2.24. The van der Waals surface area contributed by atoms with Gasteiger partial charge in [0.1, 0.15) is 18.0 Å². The van der Waals surface area contributed by atoms with Crippen molar-refractivity contribution < 1.29 is 23.1 Å². The van der Waals surface area contributed by atoms with Crippen LogP contribution in [0.4, 0.5) is 5.69 Å². The fourth-order valence-corrected chi connectivity index (χ4v) is 3.38. The van der Waals surface area contributed by atoms with Gasteiger partial charge in [0.25, 0.3) is 5.91 Å². The standard InChI is InChI=1S/C19H23N3O5S/c1-13-9-10-18(27-3)16(11-13)22(28(4,25)26)12-19(24)21-20-14(2)15-7-5-6-8-17(15)23/h5-11,23H,12H2,1-4H3,(H,21,24)/b20-14-. The summed E-state index contributed by atoms with van der Waals surface area (Å²) in [6.07, 6.45) is 1.01. The van der Waals surface area contributed by atoms with Crippen molar-refractivity contribution in [2.24, 2.45) is 5.10 Å². The Hall–Kier alpha value is -3.07. The average Bonchev–Trinajstić information content (AvgIpc) is 2.63. The number of anilines is 1. The lowest BCUT2D eigenvalue weighted by molar-refractivity contribution is -0.119. The summed E-state index contributed by atoms with van der Waals surface area (Å²) in [6.45, 7) is 2.95. The largest absolute Gasteiger partial charge is 0.507 e. The van der Waals surface area contributed by atoms with Crippen molar-refractivity contribution in [2.45, 2.75) is 13.8 Å². The molecule has 8 nitrogen and oxygen atoms in total. The lowest BCUT2D eigenvalue weighted by Crippen LogP contribution is -2.39. The Bertz CT molecular complexity index is 1000. The van der Waals surface area contributed by atoms with E-state index in [9.17, 15) is 18.3 Å². The zero-order valence-corrected chi connectivity index (χ0v) is 16.9. The molecule has 0 aliphatic carbocycles. The molecule has 0 aromatic heterocycles. The number of nitrogens with zero attached hydrogens (tertiary/aromatic N) is 2. The van der Waals surface area contributed by atoms with Crippen molar-refractivity contribution in [1.29, 1.82) is 0 Å². The van der Waals surface area contributed by atoms with Crippen LogP contribution in [0, 0.1) is 6.92 Å². The summed E-state index contributed by atoms with van der Waals surface area (Å²) in [6, 6.07) is 11.6. The quantitative estimate of drug-likeness (QED) is 0.541. The smallest absolute Gasteiger partial charge is 0.260 e. The lowest BCUT2D eigenvalue weighted by atomic mass is 10.1. The molecular weight excluding hydrogens is 382 g/mol. The van der Waals surface area contributed by atoms with E-state index < -0.39 is 22.5 Å². The number of ether oxygens (including phenoxy) is 1. The summed E-state index contributed by atoms with van der Waals surface area (Å²) in [4.78, 5) is 12.4. The monoisotopic (exact) mass is 405 g/mol. The maximum absolute atomic E-state index is 12.4. The minimum Gasteiger partial charge on any atom is -0.507 e. The highest BCUT2D eigenvalue weighted by molar-refractivity contribution is 7.92. The summed E-state index contributed by atoms with van der Waals surface area (Å²) in [7, 11) is -2.33. The van der Waals surface area contributed by atoms with Crippen LogP contribution in [-0.4, -0.2) is 45.1 Å². The van der Waals surface area contributed by atoms with Crippen molar-refractivity contribution in [3.8, 4) is 11.5 Å². The van der Waals surface area contributed by atoms with Gasteiger partial charge in [-0.25, -0.2) is 13.8 Å². The Morgan fingerprint density at radius 1 is 1.25 bits per heavy atom. The van der Waals surface area contributed by atoms with Gasteiger partial charge in [0.2, 0.25) is 10.0 Å². The molecule has 0 fully saturated rings. The fraction of sp³-hybridized carbons (Fsp3) is 0.263. The molecule has 2 aromatic rings. The van der Waals surface area contributed by atoms with E-state index in [0.29, 0.717) is 17.0 Å². The van der Waals surface area contributed by atoms with E-state index in [1.165, 1.54) is 13.2 Å². The molecule has 28 heavy (non-hydrogen) atoms. The van der Waals surface area contributed by atoms with Crippen molar-refractivity contribution in [3.63, 3.8) is 0 Å². The Kier molecular flexibility index (Phi) is 6.63. The van der Waals surface area contributed by atoms with Crippen LogP contribution in [-0.2, 0) is 14.8 Å². The zero-order valence-electron chi connectivity index (χ0n) is 16.1. The molecule has 0 spiro atoms. The first-order valence-corrected chi connectivity index (χ1v) is 10.2. The Labute approximate surface area is 164 Å². The number of carbonyl (C=O) groups excluding carboxylic acids is 1. The Morgan fingerprint density at radius 2 is 1.93 bits per heavy atom. The van der Waals surface area contributed by atoms with Crippen LogP contribution < -0.4 is 14.5 Å². The van der Waals surface area contributed by atoms with E-state index >= 15 is 0 Å². The van der Waals surface area contributed by atoms with Gasteiger partial charge in [-0.2, -0.15) is 5.10 Å². The van der Waals surface area contributed by atoms with Crippen molar-refractivity contribution >= 4 is 27.3 Å². The van der Waals surface area contributed by atoms with Gasteiger partial charge < -0.3 is 9.84 Å². The number of benzene rings is 2. The predicted octanol–water partition coefficient (Wildman–Crippen LogP) is 2.02. The van der Waals surface area contributed by atoms with Gasteiger partial charge in [-0.15, -0.1) is 0 Å². The van der Waals surface area contributed by atoms with E-state index in [1.54, 1.807) is 43.3 Å². The van der Waals surface area contributed by atoms with Gasteiger partial charge in [-0.3, -0.25) is 9.10 Å². The Morgan fingerprint density at radius 3 is 2.54 bits per heavy atom. The van der Waals surface area contributed by atoms with Crippen LogP contribution in [0.5, 0.6) is 11.5 Å². The first-order chi connectivity index (χ1) is 13.1. The lowest BCUT2D eigenvalue weighted by Gasteiger charge is -2.23. The molecule has 0 atom stereocenters. The van der Waals surface area contributed by atoms with E-state index in [0.717, 1.165) is 16.1 Å². The van der Waals surface area contributed by atoms with E-state index in [-0.39, 0.29) is 11.4 Å². The van der Waals surface area contributed by atoms with Gasteiger partial charge in [-0.05, 0) is 43.7 Å². The molecule has 0 bridgehead atoms. The minimum atomic E-state index is -3.76. The molecule has 0 heterocycles. The minimum absolute atomic E-state index is 0.0280. The molecule has 150 valence electrons. The average molecular weight is 405 g/mol. The number of amides is 1. The molecule has 0 aliphatic rings. The van der Waals surface area contributed by atoms with Crippen LogP contribution in [0.2, 0.25) is 0 Å². The number of phenolic OH excluding ortho intramolecular Hbond substituents is 1. The second kappa shape index (κ2) is 8.75. The number of phenols is 1.